The van der Waals surface area contributed by atoms with Crippen LogP contribution in [0.4, 0.5) is 0 Å². The molecule has 0 radical (unpaired) electrons. The van der Waals surface area contributed by atoms with E-state index in [1.807, 2.05) is 34.7 Å². The summed E-state index contributed by atoms with van der Waals surface area (Å²) < 4.78 is 5.91. The SMILES string of the molecule is CCCCn1c(=O)c2ccccc2n2c(SCc3nn(-c4ccccc4)c4c3CCC4)nnc12. The minimum atomic E-state index is -0.0000705. The first-order valence-electron chi connectivity index (χ1n) is 11.9. The van der Waals surface area contributed by atoms with Crippen LogP contribution in [0.3, 0.4) is 0 Å². The number of hydrogen-bond donors (Lipinski definition) is 0. The van der Waals surface area contributed by atoms with E-state index in [-0.39, 0.29) is 5.56 Å². The molecule has 34 heavy (non-hydrogen) atoms. The van der Waals surface area contributed by atoms with Gasteiger partial charge < -0.3 is 0 Å². The number of nitrogens with zero attached hydrogens (tertiary/aromatic N) is 6. The normalized spacial score (nSPS) is 13.2. The molecule has 0 atom stereocenters. The van der Waals surface area contributed by atoms with Crippen LogP contribution in [0.25, 0.3) is 22.4 Å². The summed E-state index contributed by atoms with van der Waals surface area (Å²) in [6.07, 6.45) is 5.23. The number of hydrogen-bond acceptors (Lipinski definition) is 5. The van der Waals surface area contributed by atoms with Crippen molar-refractivity contribution in [1.29, 1.82) is 0 Å². The first-order chi connectivity index (χ1) is 16.8. The van der Waals surface area contributed by atoms with E-state index in [4.69, 9.17) is 5.10 Å². The molecule has 0 saturated carbocycles. The van der Waals surface area contributed by atoms with Gasteiger partial charge in [0.15, 0.2) is 5.16 Å². The Kier molecular flexibility index (Phi) is 5.45. The number of aryl methyl sites for hydroxylation is 1. The minimum absolute atomic E-state index is 0.0000705. The maximum Gasteiger partial charge on any atom is 0.262 e. The summed E-state index contributed by atoms with van der Waals surface area (Å²) in [6, 6.07) is 18.1. The maximum atomic E-state index is 13.2. The third kappa shape index (κ3) is 3.44. The van der Waals surface area contributed by atoms with E-state index < -0.39 is 0 Å². The van der Waals surface area contributed by atoms with Gasteiger partial charge in [-0.25, -0.2) is 4.68 Å². The Morgan fingerprint density at radius 3 is 2.68 bits per heavy atom. The van der Waals surface area contributed by atoms with Gasteiger partial charge in [0.2, 0.25) is 5.78 Å². The van der Waals surface area contributed by atoms with Crippen LogP contribution in [0.5, 0.6) is 0 Å². The standard InChI is InChI=1S/C26H26N6OS/c1-2-3-16-30-24(33)20-12-7-8-14-22(20)31-25(30)27-28-26(31)34-17-21-19-13-9-15-23(19)32(29-21)18-10-5-4-6-11-18/h4-8,10-12,14H,2-3,9,13,15-17H2,1H3. The summed E-state index contributed by atoms with van der Waals surface area (Å²) in [5, 5.41) is 15.4. The molecule has 6 rings (SSSR count). The molecule has 0 amide bonds. The first-order valence-corrected chi connectivity index (χ1v) is 12.9. The van der Waals surface area contributed by atoms with Crippen LogP contribution in [0.15, 0.2) is 64.5 Å². The fourth-order valence-corrected chi connectivity index (χ4v) is 5.80. The lowest BCUT2D eigenvalue weighted by Crippen LogP contribution is -2.23. The van der Waals surface area contributed by atoms with Gasteiger partial charge in [-0.3, -0.25) is 13.8 Å². The molecule has 8 heteroatoms. The number of fused-ring (bicyclic) bond motifs is 4. The van der Waals surface area contributed by atoms with E-state index in [0.717, 1.165) is 47.7 Å². The molecular formula is C26H26N6OS. The molecular weight excluding hydrogens is 444 g/mol. The van der Waals surface area contributed by atoms with Crippen molar-refractivity contribution in [3.8, 4) is 5.69 Å². The third-order valence-corrected chi connectivity index (χ3v) is 7.51. The fourth-order valence-electron chi connectivity index (χ4n) is 4.89. The maximum absolute atomic E-state index is 13.2. The van der Waals surface area contributed by atoms with Gasteiger partial charge in [0.25, 0.3) is 5.56 Å². The first kappa shape index (κ1) is 21.2. The smallest absolute Gasteiger partial charge is 0.262 e. The van der Waals surface area contributed by atoms with E-state index >= 15 is 0 Å². The van der Waals surface area contributed by atoms with Crippen molar-refractivity contribution in [2.45, 2.75) is 56.5 Å². The molecule has 0 N–H and O–H groups in total. The van der Waals surface area contributed by atoms with Crippen molar-refractivity contribution in [2.24, 2.45) is 0 Å². The van der Waals surface area contributed by atoms with Crippen molar-refractivity contribution in [1.82, 2.24) is 28.9 Å². The molecule has 3 heterocycles. The highest BCUT2D eigenvalue weighted by atomic mass is 32.2. The molecule has 2 aromatic carbocycles. The zero-order valence-electron chi connectivity index (χ0n) is 19.1. The molecule has 0 saturated heterocycles. The highest BCUT2D eigenvalue weighted by molar-refractivity contribution is 7.98. The molecule has 3 aromatic heterocycles. The van der Waals surface area contributed by atoms with E-state index in [9.17, 15) is 4.79 Å². The largest absolute Gasteiger partial charge is 0.276 e. The Bertz CT molecular complexity index is 1550. The van der Waals surface area contributed by atoms with Gasteiger partial charge in [-0.05, 0) is 55.5 Å². The summed E-state index contributed by atoms with van der Waals surface area (Å²) in [5.74, 6) is 1.32. The van der Waals surface area contributed by atoms with Crippen molar-refractivity contribution in [3.63, 3.8) is 0 Å². The highest BCUT2D eigenvalue weighted by Crippen LogP contribution is 2.32. The topological polar surface area (TPSA) is 70.0 Å². The quantitative estimate of drug-likeness (QED) is 0.319. The Balaban J connectivity index is 1.40. The lowest BCUT2D eigenvalue weighted by molar-refractivity contribution is 0.620. The van der Waals surface area contributed by atoms with Gasteiger partial charge in [-0.1, -0.05) is 55.4 Å². The summed E-state index contributed by atoms with van der Waals surface area (Å²) in [5.41, 5.74) is 5.77. The lowest BCUT2D eigenvalue weighted by atomic mass is 10.2. The zero-order valence-corrected chi connectivity index (χ0v) is 20.0. The number of unbranched alkanes of at least 4 members (excludes halogenated alkanes) is 1. The monoisotopic (exact) mass is 470 g/mol. The Morgan fingerprint density at radius 2 is 1.82 bits per heavy atom. The van der Waals surface area contributed by atoms with Crippen LogP contribution in [0, 0.1) is 0 Å². The number of benzene rings is 2. The number of aromatic nitrogens is 6. The number of rotatable bonds is 7. The van der Waals surface area contributed by atoms with E-state index in [0.29, 0.717) is 23.5 Å². The van der Waals surface area contributed by atoms with Gasteiger partial charge >= 0.3 is 0 Å². The summed E-state index contributed by atoms with van der Waals surface area (Å²) in [4.78, 5) is 13.2. The van der Waals surface area contributed by atoms with Crippen LogP contribution in [0.1, 0.15) is 43.1 Å². The van der Waals surface area contributed by atoms with E-state index in [2.05, 4.69) is 46.1 Å². The third-order valence-electron chi connectivity index (χ3n) is 6.57. The number of para-hydroxylation sites is 2. The second-order valence-corrected chi connectivity index (χ2v) is 9.65. The Morgan fingerprint density at radius 1 is 1.00 bits per heavy atom. The highest BCUT2D eigenvalue weighted by Gasteiger charge is 2.24. The average molecular weight is 471 g/mol. The second kappa shape index (κ2) is 8.76. The van der Waals surface area contributed by atoms with Gasteiger partial charge in [0.05, 0.1) is 22.3 Å². The van der Waals surface area contributed by atoms with Gasteiger partial charge in [0, 0.05) is 18.0 Å². The molecule has 5 aromatic rings. The van der Waals surface area contributed by atoms with Crippen LogP contribution in [0.2, 0.25) is 0 Å². The molecule has 0 unspecified atom stereocenters. The van der Waals surface area contributed by atoms with Crippen LogP contribution in [-0.2, 0) is 25.1 Å². The van der Waals surface area contributed by atoms with Crippen molar-refractivity contribution in [2.75, 3.05) is 0 Å². The van der Waals surface area contributed by atoms with E-state index in [1.165, 1.54) is 17.7 Å². The molecule has 0 aliphatic heterocycles. The minimum Gasteiger partial charge on any atom is -0.276 e. The van der Waals surface area contributed by atoms with Crippen molar-refractivity contribution in [3.05, 3.63) is 81.9 Å². The van der Waals surface area contributed by atoms with Gasteiger partial charge in [-0.15, -0.1) is 10.2 Å². The van der Waals surface area contributed by atoms with Gasteiger partial charge in [-0.2, -0.15) is 5.10 Å². The summed E-state index contributed by atoms with van der Waals surface area (Å²) >= 11 is 1.64. The molecule has 0 fully saturated rings. The number of thioether (sulfide) groups is 1. The molecule has 1 aliphatic carbocycles. The van der Waals surface area contributed by atoms with Crippen molar-refractivity contribution >= 4 is 28.4 Å². The fraction of sp³-hybridized carbons (Fsp3) is 0.308. The van der Waals surface area contributed by atoms with E-state index in [1.54, 1.807) is 16.3 Å². The lowest BCUT2D eigenvalue weighted by Gasteiger charge is -2.10. The molecule has 172 valence electrons. The van der Waals surface area contributed by atoms with Crippen LogP contribution in [-0.4, -0.2) is 28.9 Å². The molecule has 7 nitrogen and oxygen atoms in total. The molecule has 0 spiro atoms. The van der Waals surface area contributed by atoms with Crippen LogP contribution >= 0.6 is 11.8 Å². The predicted molar refractivity (Wildman–Crippen MR) is 135 cm³/mol. The van der Waals surface area contributed by atoms with Crippen molar-refractivity contribution < 1.29 is 0 Å². The van der Waals surface area contributed by atoms with Crippen LogP contribution < -0.4 is 5.56 Å². The Labute approximate surface area is 201 Å². The molecule has 0 bridgehead atoms. The summed E-state index contributed by atoms with van der Waals surface area (Å²) in [7, 11) is 0. The predicted octanol–water partition coefficient (Wildman–Crippen LogP) is 4.81. The summed E-state index contributed by atoms with van der Waals surface area (Å²) in [6.45, 7) is 2.77. The zero-order chi connectivity index (χ0) is 23.1. The Hall–Kier alpha value is -3.39. The second-order valence-electron chi connectivity index (χ2n) is 8.71. The molecule has 1 aliphatic rings. The average Bonchev–Trinajstić information content (AvgIpc) is 3.59. The van der Waals surface area contributed by atoms with Gasteiger partial charge in [0.1, 0.15) is 0 Å².